The third-order valence-corrected chi connectivity index (χ3v) is 3.76. The average Bonchev–Trinajstić information content (AvgIpc) is 3.08. The lowest BCUT2D eigenvalue weighted by Crippen LogP contribution is -2.32. The first-order chi connectivity index (χ1) is 10.3. The Morgan fingerprint density at radius 2 is 1.67 bits per heavy atom. The summed E-state index contributed by atoms with van der Waals surface area (Å²) >= 11 is 0. The standard InChI is InChI=1S/C18H19NO2/c20-18(19-11-4-5-12-19)14-21-17-10-6-9-16(13-17)15-7-2-1-3-8-15/h1-3,6-10,13H,4-5,11-12,14H2. The van der Waals surface area contributed by atoms with Crippen LogP contribution in [0.15, 0.2) is 54.6 Å². The summed E-state index contributed by atoms with van der Waals surface area (Å²) in [6.45, 7) is 1.86. The van der Waals surface area contributed by atoms with E-state index in [0.29, 0.717) is 0 Å². The molecule has 0 saturated carbocycles. The number of benzene rings is 2. The number of carbonyl (C=O) groups is 1. The second kappa shape index (κ2) is 6.44. The van der Waals surface area contributed by atoms with Crippen LogP contribution in [-0.2, 0) is 4.79 Å². The quantitative estimate of drug-likeness (QED) is 0.860. The SMILES string of the molecule is O=C(COc1cccc(-c2ccccc2)c1)N1CCCC1. The molecular weight excluding hydrogens is 262 g/mol. The van der Waals surface area contributed by atoms with Crippen LogP contribution < -0.4 is 4.74 Å². The molecule has 0 radical (unpaired) electrons. The van der Waals surface area contributed by atoms with Crippen LogP contribution in [0, 0.1) is 0 Å². The van der Waals surface area contributed by atoms with Crippen molar-refractivity contribution in [1.82, 2.24) is 4.90 Å². The summed E-state index contributed by atoms with van der Waals surface area (Å²) < 4.78 is 5.65. The number of amides is 1. The highest BCUT2D eigenvalue weighted by Gasteiger charge is 2.18. The van der Waals surface area contributed by atoms with E-state index >= 15 is 0 Å². The van der Waals surface area contributed by atoms with Gasteiger partial charge in [0.25, 0.3) is 5.91 Å². The third-order valence-electron chi connectivity index (χ3n) is 3.76. The van der Waals surface area contributed by atoms with Gasteiger partial charge in [-0.15, -0.1) is 0 Å². The number of likely N-dealkylation sites (tertiary alicyclic amines) is 1. The molecule has 1 heterocycles. The zero-order valence-corrected chi connectivity index (χ0v) is 12.0. The van der Waals surface area contributed by atoms with Gasteiger partial charge in [-0.3, -0.25) is 4.79 Å². The van der Waals surface area contributed by atoms with Crippen LogP contribution in [0.25, 0.3) is 11.1 Å². The second-order valence-electron chi connectivity index (χ2n) is 5.27. The predicted molar refractivity (Wildman–Crippen MR) is 83.2 cm³/mol. The van der Waals surface area contributed by atoms with Gasteiger partial charge in [0, 0.05) is 13.1 Å². The Labute approximate surface area is 125 Å². The van der Waals surface area contributed by atoms with E-state index in [1.807, 2.05) is 47.4 Å². The molecule has 0 aliphatic carbocycles. The van der Waals surface area contributed by atoms with E-state index in [-0.39, 0.29) is 12.5 Å². The number of hydrogen-bond donors (Lipinski definition) is 0. The van der Waals surface area contributed by atoms with Crippen molar-refractivity contribution >= 4 is 5.91 Å². The second-order valence-corrected chi connectivity index (χ2v) is 5.27. The van der Waals surface area contributed by atoms with E-state index < -0.39 is 0 Å². The van der Waals surface area contributed by atoms with Crippen molar-refractivity contribution in [3.63, 3.8) is 0 Å². The first-order valence-corrected chi connectivity index (χ1v) is 7.39. The number of hydrogen-bond acceptors (Lipinski definition) is 2. The maximum absolute atomic E-state index is 12.0. The Morgan fingerprint density at radius 1 is 0.952 bits per heavy atom. The molecule has 1 fully saturated rings. The van der Waals surface area contributed by atoms with Crippen LogP contribution in [0.2, 0.25) is 0 Å². The van der Waals surface area contributed by atoms with E-state index in [1.54, 1.807) is 0 Å². The van der Waals surface area contributed by atoms with Crippen LogP contribution in [0.1, 0.15) is 12.8 Å². The summed E-state index contributed by atoms with van der Waals surface area (Å²) in [4.78, 5) is 13.9. The molecule has 0 bridgehead atoms. The Kier molecular flexibility index (Phi) is 4.20. The Hall–Kier alpha value is -2.29. The van der Waals surface area contributed by atoms with Crippen molar-refractivity contribution in [2.75, 3.05) is 19.7 Å². The van der Waals surface area contributed by atoms with Gasteiger partial charge in [0.1, 0.15) is 5.75 Å². The van der Waals surface area contributed by atoms with Crippen LogP contribution in [0.4, 0.5) is 0 Å². The molecule has 3 heteroatoms. The minimum Gasteiger partial charge on any atom is -0.484 e. The predicted octanol–water partition coefficient (Wildman–Crippen LogP) is 3.35. The number of rotatable bonds is 4. The Balaban J connectivity index is 1.65. The normalized spacial score (nSPS) is 14.2. The molecule has 0 unspecified atom stereocenters. The van der Waals surface area contributed by atoms with Crippen LogP contribution >= 0.6 is 0 Å². The molecule has 108 valence electrons. The molecule has 0 atom stereocenters. The van der Waals surface area contributed by atoms with Gasteiger partial charge in [0.15, 0.2) is 6.61 Å². The lowest BCUT2D eigenvalue weighted by Gasteiger charge is -2.15. The first-order valence-electron chi connectivity index (χ1n) is 7.39. The van der Waals surface area contributed by atoms with Gasteiger partial charge in [-0.1, -0.05) is 42.5 Å². The summed E-state index contributed by atoms with van der Waals surface area (Å²) in [7, 11) is 0. The smallest absolute Gasteiger partial charge is 0.260 e. The molecule has 0 N–H and O–H groups in total. The molecule has 3 nitrogen and oxygen atoms in total. The zero-order valence-electron chi connectivity index (χ0n) is 12.0. The fourth-order valence-electron chi connectivity index (χ4n) is 2.60. The number of ether oxygens (including phenoxy) is 1. The molecular formula is C18H19NO2. The monoisotopic (exact) mass is 281 g/mol. The number of carbonyl (C=O) groups excluding carboxylic acids is 1. The van der Waals surface area contributed by atoms with Crippen molar-refractivity contribution in [2.24, 2.45) is 0 Å². The third kappa shape index (κ3) is 3.43. The average molecular weight is 281 g/mol. The summed E-state index contributed by atoms with van der Waals surface area (Å²) in [5.41, 5.74) is 2.25. The van der Waals surface area contributed by atoms with E-state index in [0.717, 1.165) is 42.8 Å². The molecule has 2 aromatic rings. The molecule has 21 heavy (non-hydrogen) atoms. The summed E-state index contributed by atoms with van der Waals surface area (Å²) in [5, 5.41) is 0. The molecule has 0 aromatic heterocycles. The molecule has 1 amide bonds. The first kappa shape index (κ1) is 13.7. The van der Waals surface area contributed by atoms with Crippen molar-refractivity contribution in [2.45, 2.75) is 12.8 Å². The molecule has 3 rings (SSSR count). The highest BCUT2D eigenvalue weighted by Crippen LogP contribution is 2.23. The van der Waals surface area contributed by atoms with Crippen LogP contribution in [0.5, 0.6) is 5.75 Å². The molecule has 1 saturated heterocycles. The number of nitrogens with zero attached hydrogens (tertiary/aromatic N) is 1. The highest BCUT2D eigenvalue weighted by atomic mass is 16.5. The Bertz CT molecular complexity index is 604. The van der Waals surface area contributed by atoms with Gasteiger partial charge in [0.2, 0.25) is 0 Å². The van der Waals surface area contributed by atoms with Crippen molar-refractivity contribution in [3.8, 4) is 16.9 Å². The van der Waals surface area contributed by atoms with Gasteiger partial charge in [0.05, 0.1) is 0 Å². The highest BCUT2D eigenvalue weighted by molar-refractivity contribution is 5.78. The fraction of sp³-hybridized carbons (Fsp3) is 0.278. The van der Waals surface area contributed by atoms with Crippen molar-refractivity contribution in [1.29, 1.82) is 0 Å². The minimum absolute atomic E-state index is 0.0811. The van der Waals surface area contributed by atoms with Gasteiger partial charge < -0.3 is 9.64 Å². The zero-order chi connectivity index (χ0) is 14.5. The maximum atomic E-state index is 12.0. The van der Waals surface area contributed by atoms with Crippen LogP contribution in [-0.4, -0.2) is 30.5 Å². The van der Waals surface area contributed by atoms with E-state index in [9.17, 15) is 4.79 Å². The molecule has 2 aromatic carbocycles. The lowest BCUT2D eigenvalue weighted by molar-refractivity contribution is -0.132. The van der Waals surface area contributed by atoms with Gasteiger partial charge in [-0.05, 0) is 36.1 Å². The van der Waals surface area contributed by atoms with Gasteiger partial charge >= 0.3 is 0 Å². The maximum Gasteiger partial charge on any atom is 0.260 e. The van der Waals surface area contributed by atoms with Gasteiger partial charge in [-0.25, -0.2) is 0 Å². The van der Waals surface area contributed by atoms with Crippen molar-refractivity contribution in [3.05, 3.63) is 54.6 Å². The van der Waals surface area contributed by atoms with E-state index in [1.165, 1.54) is 0 Å². The summed E-state index contributed by atoms with van der Waals surface area (Å²) in [6.07, 6.45) is 2.21. The van der Waals surface area contributed by atoms with Crippen molar-refractivity contribution < 1.29 is 9.53 Å². The fourth-order valence-corrected chi connectivity index (χ4v) is 2.60. The summed E-state index contributed by atoms with van der Waals surface area (Å²) in [5.74, 6) is 0.821. The summed E-state index contributed by atoms with van der Waals surface area (Å²) in [6, 6.07) is 18.0. The van der Waals surface area contributed by atoms with Crippen LogP contribution in [0.3, 0.4) is 0 Å². The minimum atomic E-state index is 0.0811. The Morgan fingerprint density at radius 3 is 2.43 bits per heavy atom. The molecule has 0 spiro atoms. The molecule has 1 aliphatic heterocycles. The van der Waals surface area contributed by atoms with Gasteiger partial charge in [-0.2, -0.15) is 0 Å². The molecule has 1 aliphatic rings. The topological polar surface area (TPSA) is 29.5 Å². The largest absolute Gasteiger partial charge is 0.484 e. The lowest BCUT2D eigenvalue weighted by atomic mass is 10.1. The van der Waals surface area contributed by atoms with E-state index in [4.69, 9.17) is 4.74 Å². The van der Waals surface area contributed by atoms with E-state index in [2.05, 4.69) is 12.1 Å².